The Bertz CT molecular complexity index is 1220. The van der Waals surface area contributed by atoms with Gasteiger partial charge in [-0.3, -0.25) is 10.2 Å². The Morgan fingerprint density at radius 2 is 2.12 bits per heavy atom. The Kier molecular flexibility index (Phi) is 6.27. The zero-order chi connectivity index (χ0) is 23.0. The lowest BCUT2D eigenvalue weighted by Gasteiger charge is -2.40. The summed E-state index contributed by atoms with van der Waals surface area (Å²) in [6, 6.07) is 5.13. The minimum Gasteiger partial charge on any atom is -0.388 e. The highest BCUT2D eigenvalue weighted by molar-refractivity contribution is 7.81. The lowest BCUT2D eigenvalue weighted by atomic mass is 9.95. The van der Waals surface area contributed by atoms with Gasteiger partial charge in [0.05, 0.1) is 28.5 Å². The van der Waals surface area contributed by atoms with Crippen LogP contribution < -0.4 is 10.6 Å². The van der Waals surface area contributed by atoms with Gasteiger partial charge in [0.1, 0.15) is 11.2 Å². The van der Waals surface area contributed by atoms with Gasteiger partial charge in [0.15, 0.2) is 5.65 Å². The quantitative estimate of drug-likeness (QED) is 0.392. The maximum Gasteiger partial charge on any atom is 0.255 e. The number of rotatable bonds is 7. The summed E-state index contributed by atoms with van der Waals surface area (Å²) in [5, 5.41) is 15.2. The molecule has 1 saturated heterocycles. The summed E-state index contributed by atoms with van der Waals surface area (Å²) in [6.45, 7) is 3.32. The molecule has 0 bridgehead atoms. The van der Waals surface area contributed by atoms with E-state index in [1.54, 1.807) is 37.7 Å². The molecule has 0 radical (unpaired) electrons. The number of halogens is 1. The first-order chi connectivity index (χ1) is 15.3. The molecule has 2 aromatic heterocycles. The van der Waals surface area contributed by atoms with Crippen LogP contribution in [0.2, 0.25) is 5.02 Å². The second-order valence-corrected chi connectivity index (χ2v) is 9.56. The highest BCUT2D eigenvalue weighted by atomic mass is 35.5. The van der Waals surface area contributed by atoms with Crippen LogP contribution in [0.25, 0.3) is 11.2 Å². The van der Waals surface area contributed by atoms with Gasteiger partial charge in [-0.15, -0.1) is 0 Å². The van der Waals surface area contributed by atoms with Crippen molar-refractivity contribution in [3.63, 3.8) is 0 Å². The van der Waals surface area contributed by atoms with Crippen molar-refractivity contribution < 1.29 is 9.00 Å². The van der Waals surface area contributed by atoms with E-state index in [2.05, 4.69) is 25.6 Å². The Balaban J connectivity index is 1.56. The van der Waals surface area contributed by atoms with Gasteiger partial charge in [-0.2, -0.15) is 0 Å². The normalized spacial score (nSPS) is 16.4. The molecule has 11 heteroatoms. The van der Waals surface area contributed by atoms with Crippen LogP contribution in [-0.2, 0) is 11.0 Å². The van der Waals surface area contributed by atoms with Gasteiger partial charge in [-0.05, 0) is 25.1 Å². The van der Waals surface area contributed by atoms with E-state index >= 15 is 0 Å². The van der Waals surface area contributed by atoms with Gasteiger partial charge in [-0.1, -0.05) is 11.6 Å². The van der Waals surface area contributed by atoms with E-state index in [0.29, 0.717) is 51.8 Å². The van der Waals surface area contributed by atoms with E-state index in [0.717, 1.165) is 0 Å². The summed E-state index contributed by atoms with van der Waals surface area (Å²) in [6.07, 6.45) is 4.74. The number of nitrogens with zero attached hydrogens (tertiary/aromatic N) is 3. The molecule has 168 valence electrons. The average Bonchev–Trinajstić information content (AvgIpc) is 3.15. The Labute approximate surface area is 193 Å². The maximum atomic E-state index is 12.9. The summed E-state index contributed by atoms with van der Waals surface area (Å²) in [7, 11) is 0.773. The third-order valence-corrected chi connectivity index (χ3v) is 6.97. The van der Waals surface area contributed by atoms with Crippen molar-refractivity contribution in [1.29, 1.82) is 5.41 Å². The first-order valence-corrected chi connectivity index (χ1v) is 12.0. The van der Waals surface area contributed by atoms with E-state index in [-0.39, 0.29) is 23.6 Å². The van der Waals surface area contributed by atoms with Gasteiger partial charge in [0, 0.05) is 60.8 Å². The van der Waals surface area contributed by atoms with Gasteiger partial charge >= 0.3 is 0 Å². The van der Waals surface area contributed by atoms with Crippen LogP contribution in [0.5, 0.6) is 0 Å². The van der Waals surface area contributed by atoms with Crippen LogP contribution in [0.4, 0.5) is 5.69 Å². The molecule has 32 heavy (non-hydrogen) atoms. The Morgan fingerprint density at radius 1 is 1.38 bits per heavy atom. The van der Waals surface area contributed by atoms with Crippen LogP contribution in [0.3, 0.4) is 0 Å². The molecule has 1 fully saturated rings. The summed E-state index contributed by atoms with van der Waals surface area (Å²) in [5.74, 6) is -0.0204. The number of carbonyl (C=O) groups excluding carboxylic acids is 1. The molecule has 1 aliphatic heterocycles. The molecule has 4 N–H and O–H groups in total. The fourth-order valence-corrected chi connectivity index (χ4v) is 4.64. The van der Waals surface area contributed by atoms with Crippen LogP contribution in [0, 0.1) is 11.3 Å². The second kappa shape index (κ2) is 8.97. The number of H-pyrrole nitrogens is 1. The monoisotopic (exact) mass is 473 g/mol. The fraction of sp³-hybridized carbons (Fsp3) is 0.333. The van der Waals surface area contributed by atoms with Crippen LogP contribution in [0.15, 0.2) is 30.6 Å². The Hall–Kier alpha value is -2.82. The minimum atomic E-state index is -0.983. The number of fused-ring (bicyclic) bond motifs is 1. The largest absolute Gasteiger partial charge is 0.388 e. The predicted octanol–water partition coefficient (Wildman–Crippen LogP) is 2.41. The first-order valence-electron chi connectivity index (χ1n) is 10.1. The molecule has 0 spiro atoms. The summed E-state index contributed by atoms with van der Waals surface area (Å²) in [4.78, 5) is 24.8. The highest BCUT2D eigenvalue weighted by Gasteiger charge is 2.34. The number of aromatic amines is 1. The number of nitrogens with one attached hydrogen (secondary N) is 4. The third kappa shape index (κ3) is 4.25. The molecule has 3 aromatic rings. The number of amides is 1. The van der Waals surface area contributed by atoms with Crippen molar-refractivity contribution in [3.05, 3.63) is 52.4 Å². The lowest BCUT2D eigenvalue weighted by molar-refractivity contribution is 0.0890. The van der Waals surface area contributed by atoms with E-state index in [4.69, 9.17) is 17.0 Å². The Morgan fingerprint density at radius 3 is 2.81 bits per heavy atom. The molecule has 3 heterocycles. The first kappa shape index (κ1) is 22.4. The SMILES string of the molecule is CNc1cc(Cl)ccc1C(=N)c1cnc2[nH]cc(C(=O)NC(C)C3CN(S(C)=O)C3)c2n1. The zero-order valence-electron chi connectivity index (χ0n) is 17.9. The molecule has 0 saturated carbocycles. The number of aromatic nitrogens is 3. The molecule has 9 nitrogen and oxygen atoms in total. The van der Waals surface area contributed by atoms with Crippen molar-refractivity contribution >= 4 is 51.1 Å². The minimum absolute atomic E-state index is 0.0751. The standard InChI is InChI=1S/C21H24ClN7O2S/c1-11(12-9-29(10-12)32(3)31)27-21(30)15-7-25-20-19(15)28-17(8-26-20)18(23)14-5-4-13(22)6-16(14)24-2/h4-8,11-12,23-24H,9-10H2,1-3H3,(H,25,26)(H,27,30). The average molecular weight is 474 g/mol. The number of benzene rings is 1. The van der Waals surface area contributed by atoms with Crippen molar-refractivity contribution in [2.24, 2.45) is 5.92 Å². The van der Waals surface area contributed by atoms with E-state index in [1.165, 1.54) is 6.20 Å². The number of carbonyl (C=O) groups is 1. The molecule has 4 rings (SSSR count). The molecule has 0 aliphatic carbocycles. The van der Waals surface area contributed by atoms with Crippen molar-refractivity contribution in [2.75, 3.05) is 31.7 Å². The molecule has 1 aliphatic rings. The van der Waals surface area contributed by atoms with Gasteiger partial charge < -0.3 is 15.6 Å². The van der Waals surface area contributed by atoms with Crippen molar-refractivity contribution in [2.45, 2.75) is 13.0 Å². The van der Waals surface area contributed by atoms with Crippen molar-refractivity contribution in [1.82, 2.24) is 24.6 Å². The van der Waals surface area contributed by atoms with E-state index < -0.39 is 11.0 Å². The summed E-state index contributed by atoms with van der Waals surface area (Å²) >= 11 is 6.06. The van der Waals surface area contributed by atoms with E-state index in [1.807, 2.05) is 11.2 Å². The second-order valence-electron chi connectivity index (χ2n) is 7.76. The molecule has 2 atom stereocenters. The molecule has 2 unspecified atom stereocenters. The number of anilines is 1. The van der Waals surface area contributed by atoms with E-state index in [9.17, 15) is 9.00 Å². The van der Waals surface area contributed by atoms with Crippen molar-refractivity contribution in [3.8, 4) is 0 Å². The van der Waals surface area contributed by atoms with Gasteiger partial charge in [-0.25, -0.2) is 18.5 Å². The number of hydrogen-bond acceptors (Lipinski definition) is 6. The van der Waals surface area contributed by atoms with Gasteiger partial charge in [0.2, 0.25) is 0 Å². The maximum absolute atomic E-state index is 12.9. The topological polar surface area (TPSA) is 127 Å². The lowest BCUT2D eigenvalue weighted by Crippen LogP contribution is -2.55. The van der Waals surface area contributed by atoms with Crippen LogP contribution >= 0.6 is 11.6 Å². The van der Waals surface area contributed by atoms with Crippen LogP contribution in [0.1, 0.15) is 28.5 Å². The molecular formula is C21H24ClN7O2S. The fourth-order valence-electron chi connectivity index (χ4n) is 3.66. The highest BCUT2D eigenvalue weighted by Crippen LogP contribution is 2.24. The molecular weight excluding hydrogens is 450 g/mol. The molecule has 1 amide bonds. The smallest absolute Gasteiger partial charge is 0.255 e. The predicted molar refractivity (Wildman–Crippen MR) is 127 cm³/mol. The summed E-state index contributed by atoms with van der Waals surface area (Å²) in [5.41, 5.74) is 3.09. The molecule has 1 aromatic carbocycles. The zero-order valence-corrected chi connectivity index (χ0v) is 19.5. The third-order valence-electron chi connectivity index (χ3n) is 5.71. The van der Waals surface area contributed by atoms with Gasteiger partial charge in [0.25, 0.3) is 5.91 Å². The summed E-state index contributed by atoms with van der Waals surface area (Å²) < 4.78 is 13.4. The number of hydrogen-bond donors (Lipinski definition) is 4. The van der Waals surface area contributed by atoms with Crippen LogP contribution in [-0.4, -0.2) is 67.5 Å².